The number of hydrogen-bond donors (Lipinski definition) is 0. The number of esters is 1. The summed E-state index contributed by atoms with van der Waals surface area (Å²) in [6, 6.07) is 30.1. The first-order valence-electron chi connectivity index (χ1n) is 13.1. The van der Waals surface area contributed by atoms with Crippen molar-refractivity contribution in [2.45, 2.75) is 56.6 Å². The SMILES string of the molecule is CC(=O)OC[C@H]1O[C@@H](SCCI)[C@@H](OCc2ccccc2)[C@@H](OCc2ccccc2)[C@@H]1OCc1ccccc1. The molecule has 0 N–H and O–H groups in total. The topological polar surface area (TPSA) is 63.2 Å². The number of ether oxygens (including phenoxy) is 5. The van der Waals surface area contributed by atoms with Crippen LogP contribution in [-0.4, -0.2) is 52.6 Å². The Morgan fingerprint density at radius 2 is 1.21 bits per heavy atom. The first kappa shape index (κ1) is 30.0. The minimum Gasteiger partial charge on any atom is -0.463 e. The van der Waals surface area contributed by atoms with Crippen molar-refractivity contribution in [3.8, 4) is 0 Å². The van der Waals surface area contributed by atoms with Crippen LogP contribution >= 0.6 is 34.4 Å². The summed E-state index contributed by atoms with van der Waals surface area (Å²) in [6.07, 6.45) is -1.90. The van der Waals surface area contributed by atoms with Gasteiger partial charge in [0.25, 0.3) is 0 Å². The van der Waals surface area contributed by atoms with E-state index in [1.807, 2.05) is 91.0 Å². The van der Waals surface area contributed by atoms with Gasteiger partial charge in [0.2, 0.25) is 0 Å². The molecule has 6 nitrogen and oxygen atoms in total. The number of benzene rings is 3. The molecule has 0 aromatic heterocycles. The molecule has 0 radical (unpaired) electrons. The maximum atomic E-state index is 11.8. The Hall–Kier alpha value is -1.95. The van der Waals surface area contributed by atoms with Gasteiger partial charge in [0.1, 0.15) is 36.5 Å². The molecule has 4 rings (SSSR count). The van der Waals surface area contributed by atoms with E-state index in [-0.39, 0.29) is 18.0 Å². The van der Waals surface area contributed by atoms with Crippen molar-refractivity contribution in [3.63, 3.8) is 0 Å². The molecule has 1 heterocycles. The van der Waals surface area contributed by atoms with Gasteiger partial charge in [-0.1, -0.05) is 114 Å². The normalized spacial score (nSPS) is 22.9. The molecule has 0 bridgehead atoms. The molecule has 3 aromatic carbocycles. The summed E-state index contributed by atoms with van der Waals surface area (Å²) in [5, 5.41) is 0. The van der Waals surface area contributed by atoms with E-state index in [0.717, 1.165) is 26.9 Å². The smallest absolute Gasteiger partial charge is 0.302 e. The average molecular weight is 663 g/mol. The highest BCUT2D eigenvalue weighted by Crippen LogP contribution is 2.35. The third-order valence-electron chi connectivity index (χ3n) is 6.26. The van der Waals surface area contributed by atoms with E-state index in [1.54, 1.807) is 11.8 Å². The third-order valence-corrected chi connectivity index (χ3v) is 8.68. The van der Waals surface area contributed by atoms with Gasteiger partial charge in [0.05, 0.1) is 19.8 Å². The molecule has 0 spiro atoms. The van der Waals surface area contributed by atoms with E-state index in [9.17, 15) is 4.79 Å². The van der Waals surface area contributed by atoms with Gasteiger partial charge in [-0.2, -0.15) is 0 Å². The Bertz CT molecular complexity index is 1100. The molecular weight excluding hydrogens is 627 g/mol. The Morgan fingerprint density at radius 3 is 1.67 bits per heavy atom. The Morgan fingerprint density at radius 1 is 0.744 bits per heavy atom. The van der Waals surface area contributed by atoms with Crippen LogP contribution in [0.5, 0.6) is 0 Å². The summed E-state index contributed by atoms with van der Waals surface area (Å²) >= 11 is 4.05. The maximum Gasteiger partial charge on any atom is 0.302 e. The van der Waals surface area contributed by atoms with Crippen LogP contribution < -0.4 is 0 Å². The fourth-order valence-electron chi connectivity index (χ4n) is 4.37. The molecule has 5 atom stereocenters. The van der Waals surface area contributed by atoms with Crippen LogP contribution in [0, 0.1) is 0 Å². The maximum absolute atomic E-state index is 11.8. The average Bonchev–Trinajstić information content (AvgIpc) is 2.97. The lowest BCUT2D eigenvalue weighted by molar-refractivity contribution is -0.253. The predicted octanol–water partition coefficient (Wildman–Crippen LogP) is 6.20. The minimum atomic E-state index is -0.523. The fourth-order valence-corrected chi connectivity index (χ4v) is 6.10. The van der Waals surface area contributed by atoms with Crippen LogP contribution in [0.2, 0.25) is 0 Å². The van der Waals surface area contributed by atoms with Crippen molar-refractivity contribution in [2.75, 3.05) is 16.8 Å². The number of carbonyl (C=O) groups excluding carboxylic acids is 1. The van der Waals surface area contributed by atoms with Crippen molar-refractivity contribution in [3.05, 3.63) is 108 Å². The zero-order valence-corrected chi connectivity index (χ0v) is 25.0. The van der Waals surface area contributed by atoms with Crippen LogP contribution in [0.25, 0.3) is 0 Å². The third kappa shape index (κ3) is 9.58. The van der Waals surface area contributed by atoms with Crippen LogP contribution in [-0.2, 0) is 48.3 Å². The van der Waals surface area contributed by atoms with Gasteiger partial charge in [-0.05, 0) is 16.7 Å². The van der Waals surface area contributed by atoms with Gasteiger partial charge >= 0.3 is 5.97 Å². The number of thioether (sulfide) groups is 1. The van der Waals surface area contributed by atoms with E-state index in [4.69, 9.17) is 23.7 Å². The number of carbonyl (C=O) groups is 1. The van der Waals surface area contributed by atoms with Gasteiger partial charge in [0, 0.05) is 17.1 Å². The second kappa shape index (κ2) is 16.3. The summed E-state index contributed by atoms with van der Waals surface area (Å²) in [5.41, 5.74) is 2.84. The molecule has 0 amide bonds. The van der Waals surface area contributed by atoms with Gasteiger partial charge < -0.3 is 23.7 Å². The number of hydrogen-bond acceptors (Lipinski definition) is 7. The van der Waals surface area contributed by atoms with Crippen molar-refractivity contribution < 1.29 is 28.5 Å². The van der Waals surface area contributed by atoms with Crippen LogP contribution in [0.15, 0.2) is 91.0 Å². The molecule has 1 aliphatic heterocycles. The van der Waals surface area contributed by atoms with E-state index < -0.39 is 24.4 Å². The van der Waals surface area contributed by atoms with Crippen molar-refractivity contribution in [1.29, 1.82) is 0 Å². The second-order valence-corrected chi connectivity index (χ2v) is 11.5. The van der Waals surface area contributed by atoms with E-state index in [2.05, 4.69) is 22.6 Å². The van der Waals surface area contributed by atoms with Crippen LogP contribution in [0.4, 0.5) is 0 Å². The van der Waals surface area contributed by atoms with Gasteiger partial charge in [0.15, 0.2) is 0 Å². The lowest BCUT2D eigenvalue weighted by Gasteiger charge is -2.45. The quantitative estimate of drug-likeness (QED) is 0.116. The second-order valence-electron chi connectivity index (χ2n) is 9.19. The first-order valence-corrected chi connectivity index (χ1v) is 15.6. The molecule has 1 aliphatic rings. The summed E-state index contributed by atoms with van der Waals surface area (Å²) in [4.78, 5) is 11.8. The lowest BCUT2D eigenvalue weighted by atomic mass is 9.99. The predicted molar refractivity (Wildman–Crippen MR) is 162 cm³/mol. The summed E-state index contributed by atoms with van der Waals surface area (Å²) in [7, 11) is 0. The number of halogens is 1. The molecule has 208 valence electrons. The summed E-state index contributed by atoms with van der Waals surface area (Å²) < 4.78 is 32.7. The first-order chi connectivity index (χ1) is 19.1. The van der Waals surface area contributed by atoms with Crippen molar-refractivity contribution in [1.82, 2.24) is 0 Å². The molecule has 1 fully saturated rings. The zero-order chi connectivity index (χ0) is 27.3. The molecule has 0 unspecified atom stereocenters. The van der Waals surface area contributed by atoms with Gasteiger partial charge in [-0.3, -0.25) is 4.79 Å². The Labute approximate surface area is 248 Å². The number of alkyl halides is 1. The minimum absolute atomic E-state index is 0.0761. The highest BCUT2D eigenvalue weighted by molar-refractivity contribution is 14.1. The summed E-state index contributed by atoms with van der Waals surface area (Å²) in [5.74, 6) is 0.526. The van der Waals surface area contributed by atoms with Crippen LogP contribution in [0.3, 0.4) is 0 Å². The van der Waals surface area contributed by atoms with Crippen molar-refractivity contribution >= 4 is 40.3 Å². The highest BCUT2D eigenvalue weighted by atomic mass is 127. The molecule has 39 heavy (non-hydrogen) atoms. The Balaban J connectivity index is 1.63. The van der Waals surface area contributed by atoms with E-state index in [1.165, 1.54) is 6.92 Å². The largest absolute Gasteiger partial charge is 0.463 e. The summed E-state index contributed by atoms with van der Waals surface area (Å²) in [6.45, 7) is 2.66. The fraction of sp³-hybridized carbons (Fsp3) is 0.387. The molecule has 3 aromatic rings. The molecule has 0 saturated carbocycles. The lowest BCUT2D eigenvalue weighted by Crippen LogP contribution is -2.60. The molecule has 0 aliphatic carbocycles. The van der Waals surface area contributed by atoms with Crippen LogP contribution in [0.1, 0.15) is 23.6 Å². The number of rotatable bonds is 14. The van der Waals surface area contributed by atoms with E-state index in [0.29, 0.717) is 19.8 Å². The molecular formula is C31H35IO6S. The van der Waals surface area contributed by atoms with Crippen molar-refractivity contribution in [2.24, 2.45) is 0 Å². The Kier molecular flexibility index (Phi) is 12.6. The zero-order valence-electron chi connectivity index (χ0n) is 22.0. The molecule has 1 saturated heterocycles. The highest BCUT2D eigenvalue weighted by Gasteiger charge is 2.48. The standard InChI is InChI=1S/C31H35IO6S/c1-23(33)34-22-27-28(35-19-24-11-5-2-6-12-24)29(36-20-25-13-7-3-8-14-25)30(31(38-27)39-18-17-32)37-21-26-15-9-4-10-16-26/h2-16,27-31H,17-22H2,1H3/t27-,28-,29+,30+,31+/m1/s1. The van der Waals surface area contributed by atoms with E-state index >= 15 is 0 Å². The van der Waals surface area contributed by atoms with Gasteiger partial charge in [-0.25, -0.2) is 0 Å². The monoisotopic (exact) mass is 662 g/mol. The molecule has 8 heteroatoms. The van der Waals surface area contributed by atoms with Gasteiger partial charge in [-0.15, -0.1) is 11.8 Å².